The Balaban J connectivity index is 1.20. The lowest BCUT2D eigenvalue weighted by molar-refractivity contribution is -0.135. The van der Waals surface area contributed by atoms with Gasteiger partial charge in [0.25, 0.3) is 11.8 Å². The quantitative estimate of drug-likeness (QED) is 0.517. The van der Waals surface area contributed by atoms with Gasteiger partial charge in [-0.05, 0) is 56.9 Å². The highest BCUT2D eigenvalue weighted by molar-refractivity contribution is 7.99. The van der Waals surface area contributed by atoms with Crippen LogP contribution in [0.5, 0.6) is 0 Å². The van der Waals surface area contributed by atoms with Crippen LogP contribution < -0.4 is 0 Å². The summed E-state index contributed by atoms with van der Waals surface area (Å²) in [6, 6.07) is 7.89. The molecule has 1 aromatic carbocycles. The molecule has 2 atom stereocenters. The van der Waals surface area contributed by atoms with Crippen molar-refractivity contribution in [1.29, 1.82) is 0 Å². The second kappa shape index (κ2) is 8.27. The fraction of sp³-hybridized carbons (Fsp3) is 0.591. The summed E-state index contributed by atoms with van der Waals surface area (Å²) in [5.41, 5.74) is 1.01. The maximum atomic E-state index is 12.7. The maximum absolute atomic E-state index is 12.7. The highest BCUT2D eigenvalue weighted by atomic mass is 32.2. The first-order valence-corrected chi connectivity index (χ1v) is 11.7. The van der Waals surface area contributed by atoms with Crippen molar-refractivity contribution in [1.82, 2.24) is 9.80 Å². The molecule has 28 heavy (non-hydrogen) atoms. The largest absolute Gasteiger partial charge is 0.337 e. The second-order valence-electron chi connectivity index (χ2n) is 8.13. The molecule has 150 valence electrons. The van der Waals surface area contributed by atoms with Crippen LogP contribution in [-0.2, 0) is 4.79 Å². The summed E-state index contributed by atoms with van der Waals surface area (Å²) in [6.07, 6.45) is 9.79. The predicted molar refractivity (Wildman–Crippen MR) is 110 cm³/mol. The zero-order valence-corrected chi connectivity index (χ0v) is 17.2. The molecular weight excluding hydrogens is 372 g/mol. The molecule has 3 aliphatic heterocycles. The van der Waals surface area contributed by atoms with Crippen molar-refractivity contribution in [2.45, 2.75) is 68.7 Å². The summed E-state index contributed by atoms with van der Waals surface area (Å²) >= 11 is 1.94. The number of thioether (sulfide) groups is 1. The van der Waals surface area contributed by atoms with Gasteiger partial charge in [0.15, 0.2) is 0 Å². The van der Waals surface area contributed by atoms with Crippen molar-refractivity contribution in [3.63, 3.8) is 0 Å². The van der Waals surface area contributed by atoms with Gasteiger partial charge in [-0.2, -0.15) is 11.8 Å². The lowest BCUT2D eigenvalue weighted by Gasteiger charge is -2.38. The molecule has 2 fully saturated rings. The first-order valence-electron chi connectivity index (χ1n) is 10.4. The SMILES string of the molecule is CSC1CC2CCC(C1)N2C(=O)CCCCCN1C(=O)c2ccccc2C1=O. The van der Waals surface area contributed by atoms with E-state index >= 15 is 0 Å². The third-order valence-corrected chi connectivity index (χ3v) is 7.51. The number of benzene rings is 1. The Morgan fingerprint density at radius 2 is 1.61 bits per heavy atom. The van der Waals surface area contributed by atoms with Crippen LogP contribution in [0.15, 0.2) is 24.3 Å². The molecule has 3 amide bonds. The minimum Gasteiger partial charge on any atom is -0.337 e. The number of hydrogen-bond acceptors (Lipinski definition) is 4. The first kappa shape index (κ1) is 19.5. The zero-order valence-electron chi connectivity index (χ0n) is 16.4. The Morgan fingerprint density at radius 1 is 1.00 bits per heavy atom. The number of piperidine rings is 1. The van der Waals surface area contributed by atoms with Crippen LogP contribution in [0.2, 0.25) is 0 Å². The van der Waals surface area contributed by atoms with Gasteiger partial charge >= 0.3 is 0 Å². The number of imide groups is 1. The fourth-order valence-electron chi connectivity index (χ4n) is 5.02. The Labute approximate surface area is 170 Å². The number of carbonyl (C=O) groups is 3. The predicted octanol–water partition coefficient (Wildman–Crippen LogP) is 3.73. The number of amides is 3. The third-order valence-electron chi connectivity index (χ3n) is 6.46. The number of fused-ring (bicyclic) bond motifs is 3. The van der Waals surface area contributed by atoms with Crippen LogP contribution in [-0.4, -0.2) is 57.7 Å². The van der Waals surface area contributed by atoms with Crippen molar-refractivity contribution in [2.75, 3.05) is 12.8 Å². The Kier molecular flexibility index (Phi) is 5.76. The molecule has 1 aromatic rings. The molecule has 0 saturated carbocycles. The van der Waals surface area contributed by atoms with Crippen LogP contribution in [0.1, 0.15) is 72.1 Å². The fourth-order valence-corrected chi connectivity index (χ4v) is 5.85. The van der Waals surface area contributed by atoms with Gasteiger partial charge in [0.2, 0.25) is 5.91 Å². The van der Waals surface area contributed by atoms with Gasteiger partial charge in [0, 0.05) is 30.3 Å². The molecule has 3 aliphatic rings. The van der Waals surface area contributed by atoms with E-state index in [0.29, 0.717) is 47.3 Å². The molecule has 4 rings (SSSR count). The molecule has 6 heteroatoms. The van der Waals surface area contributed by atoms with E-state index in [1.165, 1.54) is 4.90 Å². The Morgan fingerprint density at radius 3 is 2.18 bits per heavy atom. The van der Waals surface area contributed by atoms with Crippen molar-refractivity contribution < 1.29 is 14.4 Å². The normalized spacial score (nSPS) is 26.1. The van der Waals surface area contributed by atoms with E-state index in [1.54, 1.807) is 24.3 Å². The minimum absolute atomic E-state index is 0.190. The average Bonchev–Trinajstić information content (AvgIpc) is 3.12. The summed E-state index contributed by atoms with van der Waals surface area (Å²) in [4.78, 5) is 41.0. The summed E-state index contributed by atoms with van der Waals surface area (Å²) in [6.45, 7) is 0.435. The second-order valence-corrected chi connectivity index (χ2v) is 9.27. The molecular formula is C22H28N2O3S. The third kappa shape index (κ3) is 3.59. The van der Waals surface area contributed by atoms with E-state index < -0.39 is 0 Å². The van der Waals surface area contributed by atoms with E-state index in [2.05, 4.69) is 11.2 Å². The van der Waals surface area contributed by atoms with E-state index in [-0.39, 0.29) is 11.8 Å². The highest BCUT2D eigenvalue weighted by Gasteiger charge is 2.42. The molecule has 0 aliphatic carbocycles. The Hall–Kier alpha value is -1.82. The van der Waals surface area contributed by atoms with Gasteiger partial charge in [-0.1, -0.05) is 18.6 Å². The molecule has 2 unspecified atom stereocenters. The van der Waals surface area contributed by atoms with Gasteiger partial charge in [-0.25, -0.2) is 0 Å². The number of unbranched alkanes of at least 4 members (excludes halogenated alkanes) is 2. The van der Waals surface area contributed by atoms with E-state index in [0.717, 1.165) is 44.9 Å². The number of carbonyl (C=O) groups excluding carboxylic acids is 3. The van der Waals surface area contributed by atoms with Gasteiger partial charge in [-0.3, -0.25) is 19.3 Å². The van der Waals surface area contributed by atoms with Crippen LogP contribution in [0, 0.1) is 0 Å². The van der Waals surface area contributed by atoms with Crippen LogP contribution in [0.25, 0.3) is 0 Å². The van der Waals surface area contributed by atoms with Gasteiger partial charge in [0.05, 0.1) is 11.1 Å². The van der Waals surface area contributed by atoms with Crippen molar-refractivity contribution >= 4 is 29.5 Å². The van der Waals surface area contributed by atoms with Crippen molar-refractivity contribution in [2.24, 2.45) is 0 Å². The molecule has 0 aromatic heterocycles. The molecule has 3 heterocycles. The molecule has 5 nitrogen and oxygen atoms in total. The van der Waals surface area contributed by atoms with Gasteiger partial charge < -0.3 is 4.90 Å². The van der Waals surface area contributed by atoms with E-state index in [4.69, 9.17) is 0 Å². The summed E-state index contributed by atoms with van der Waals surface area (Å²) in [5, 5.41) is 0.709. The average molecular weight is 401 g/mol. The van der Waals surface area contributed by atoms with Crippen LogP contribution in [0.3, 0.4) is 0 Å². The summed E-state index contributed by atoms with van der Waals surface area (Å²) in [5.74, 6) is -0.0809. The summed E-state index contributed by atoms with van der Waals surface area (Å²) in [7, 11) is 0. The van der Waals surface area contributed by atoms with Gasteiger partial charge in [0.1, 0.15) is 0 Å². The number of rotatable bonds is 7. The monoisotopic (exact) mass is 400 g/mol. The lowest BCUT2D eigenvalue weighted by atomic mass is 10.0. The molecule has 0 N–H and O–H groups in total. The number of hydrogen-bond donors (Lipinski definition) is 0. The standard InChI is InChI=1S/C22H28N2O3S/c1-28-17-13-15-10-11-16(14-17)24(15)20(25)9-3-2-6-12-23-21(26)18-7-4-5-8-19(18)22(23)27/h4-5,7-8,15-17H,2-3,6,9-14H2,1H3. The maximum Gasteiger partial charge on any atom is 0.261 e. The molecule has 2 bridgehead atoms. The summed E-state index contributed by atoms with van der Waals surface area (Å²) < 4.78 is 0. The van der Waals surface area contributed by atoms with E-state index in [9.17, 15) is 14.4 Å². The first-order chi connectivity index (χ1) is 13.6. The van der Waals surface area contributed by atoms with Crippen LogP contribution >= 0.6 is 11.8 Å². The van der Waals surface area contributed by atoms with Crippen molar-refractivity contribution in [3.8, 4) is 0 Å². The zero-order chi connectivity index (χ0) is 19.7. The lowest BCUT2D eigenvalue weighted by Crippen LogP contribution is -2.47. The van der Waals surface area contributed by atoms with Crippen LogP contribution in [0.4, 0.5) is 0 Å². The van der Waals surface area contributed by atoms with E-state index in [1.807, 2.05) is 11.8 Å². The van der Waals surface area contributed by atoms with Crippen molar-refractivity contribution in [3.05, 3.63) is 35.4 Å². The highest BCUT2D eigenvalue weighted by Crippen LogP contribution is 2.40. The molecule has 0 radical (unpaired) electrons. The molecule has 2 saturated heterocycles. The minimum atomic E-state index is -0.190. The number of nitrogens with zero attached hydrogens (tertiary/aromatic N) is 2. The smallest absolute Gasteiger partial charge is 0.261 e. The Bertz CT molecular complexity index is 732. The molecule has 0 spiro atoms. The van der Waals surface area contributed by atoms with Gasteiger partial charge in [-0.15, -0.1) is 0 Å². The topological polar surface area (TPSA) is 57.7 Å².